The molecule has 2 aromatic heterocycles. The van der Waals surface area contributed by atoms with Crippen LogP contribution in [0.25, 0.3) is 11.0 Å². The highest BCUT2D eigenvalue weighted by atomic mass is 16.5. The summed E-state index contributed by atoms with van der Waals surface area (Å²) in [6.07, 6.45) is 4.38. The summed E-state index contributed by atoms with van der Waals surface area (Å²) in [5.74, 6) is 0.819. The van der Waals surface area contributed by atoms with Crippen LogP contribution in [0.3, 0.4) is 0 Å². The van der Waals surface area contributed by atoms with Crippen LogP contribution in [0.2, 0.25) is 0 Å². The first kappa shape index (κ1) is 14.8. The van der Waals surface area contributed by atoms with Gasteiger partial charge in [0, 0.05) is 35.3 Å². The van der Waals surface area contributed by atoms with Gasteiger partial charge in [0.2, 0.25) is 0 Å². The molecule has 0 radical (unpaired) electrons. The van der Waals surface area contributed by atoms with Crippen molar-refractivity contribution >= 4 is 16.7 Å². The number of aromatic nitrogens is 1. The molecule has 1 aromatic carbocycles. The van der Waals surface area contributed by atoms with E-state index in [9.17, 15) is 4.79 Å². The molecule has 0 unspecified atom stereocenters. The van der Waals surface area contributed by atoms with Crippen molar-refractivity contribution < 1.29 is 9.15 Å². The van der Waals surface area contributed by atoms with Gasteiger partial charge in [-0.1, -0.05) is 6.92 Å². The first-order chi connectivity index (χ1) is 11.7. The predicted octanol–water partition coefficient (Wildman–Crippen LogP) is 3.42. The second-order valence-electron chi connectivity index (χ2n) is 5.99. The van der Waals surface area contributed by atoms with E-state index in [-0.39, 0.29) is 5.63 Å². The number of hydrogen-bond donors (Lipinski definition) is 0. The lowest BCUT2D eigenvalue weighted by Crippen LogP contribution is -2.32. The van der Waals surface area contributed by atoms with Crippen molar-refractivity contribution in [3.8, 4) is 5.75 Å². The SMILES string of the molecule is CCc1cc(=O)oc2c(C)c3c(cc12)CN(c1cccnc1)CO3. The molecule has 0 amide bonds. The average Bonchev–Trinajstić information content (AvgIpc) is 2.62. The number of aryl methyl sites for hydroxylation is 2. The predicted molar refractivity (Wildman–Crippen MR) is 92.5 cm³/mol. The molecule has 0 N–H and O–H groups in total. The van der Waals surface area contributed by atoms with Gasteiger partial charge in [-0.15, -0.1) is 0 Å². The van der Waals surface area contributed by atoms with Gasteiger partial charge in [0.15, 0.2) is 6.73 Å². The number of nitrogens with zero attached hydrogens (tertiary/aromatic N) is 2. The second kappa shape index (κ2) is 5.67. The van der Waals surface area contributed by atoms with E-state index in [1.807, 2.05) is 32.2 Å². The van der Waals surface area contributed by atoms with Crippen LogP contribution in [-0.4, -0.2) is 11.7 Å². The molecule has 0 spiro atoms. The zero-order valence-corrected chi connectivity index (χ0v) is 13.7. The van der Waals surface area contributed by atoms with Gasteiger partial charge in [0.25, 0.3) is 0 Å². The van der Waals surface area contributed by atoms with Gasteiger partial charge in [-0.25, -0.2) is 4.79 Å². The van der Waals surface area contributed by atoms with Crippen LogP contribution >= 0.6 is 0 Å². The zero-order valence-electron chi connectivity index (χ0n) is 13.7. The maximum atomic E-state index is 11.8. The van der Waals surface area contributed by atoms with Crippen molar-refractivity contribution in [2.24, 2.45) is 0 Å². The number of pyridine rings is 1. The van der Waals surface area contributed by atoms with Gasteiger partial charge in [-0.05, 0) is 37.1 Å². The third kappa shape index (κ3) is 2.33. The van der Waals surface area contributed by atoms with E-state index in [2.05, 4.69) is 16.0 Å². The number of benzene rings is 1. The molecule has 1 aliphatic heterocycles. The summed E-state index contributed by atoms with van der Waals surface area (Å²) in [7, 11) is 0. The van der Waals surface area contributed by atoms with Crippen LogP contribution in [0, 0.1) is 6.92 Å². The maximum Gasteiger partial charge on any atom is 0.336 e. The molecular formula is C19H18N2O3. The Bertz CT molecular complexity index is 964. The molecule has 5 heteroatoms. The van der Waals surface area contributed by atoms with Gasteiger partial charge in [0.05, 0.1) is 11.9 Å². The Labute approximate surface area is 139 Å². The van der Waals surface area contributed by atoms with E-state index >= 15 is 0 Å². The molecular weight excluding hydrogens is 304 g/mol. The van der Waals surface area contributed by atoms with Crippen molar-refractivity contribution in [2.45, 2.75) is 26.8 Å². The van der Waals surface area contributed by atoms with Gasteiger partial charge in [-0.3, -0.25) is 4.98 Å². The van der Waals surface area contributed by atoms with Crippen molar-refractivity contribution in [3.05, 3.63) is 63.8 Å². The van der Waals surface area contributed by atoms with Gasteiger partial charge < -0.3 is 14.1 Å². The molecule has 0 atom stereocenters. The van der Waals surface area contributed by atoms with Crippen LogP contribution in [0.5, 0.6) is 5.75 Å². The van der Waals surface area contributed by atoms with Crippen molar-refractivity contribution in [2.75, 3.05) is 11.6 Å². The lowest BCUT2D eigenvalue weighted by Gasteiger charge is -2.31. The van der Waals surface area contributed by atoms with Gasteiger partial charge >= 0.3 is 5.63 Å². The Morgan fingerprint density at radius 3 is 2.96 bits per heavy atom. The lowest BCUT2D eigenvalue weighted by atomic mass is 9.99. The Morgan fingerprint density at radius 2 is 2.21 bits per heavy atom. The standard InChI is InChI=1S/C19H18N2O3/c1-3-13-8-17(22)24-19-12(2)18-14(7-16(13)19)10-21(11-23-18)15-5-4-6-20-9-15/h4-9H,3,10-11H2,1-2H3. The molecule has 4 rings (SSSR count). The molecule has 0 bridgehead atoms. The summed E-state index contributed by atoms with van der Waals surface area (Å²) < 4.78 is 11.4. The second-order valence-corrected chi connectivity index (χ2v) is 5.99. The van der Waals surface area contributed by atoms with E-state index in [1.54, 1.807) is 12.3 Å². The van der Waals surface area contributed by atoms with Crippen molar-refractivity contribution in [1.82, 2.24) is 4.98 Å². The van der Waals surface area contributed by atoms with E-state index < -0.39 is 0 Å². The number of fused-ring (bicyclic) bond motifs is 2. The lowest BCUT2D eigenvalue weighted by molar-refractivity contribution is 0.287. The minimum Gasteiger partial charge on any atom is -0.472 e. The topological polar surface area (TPSA) is 55.6 Å². The van der Waals surface area contributed by atoms with Crippen molar-refractivity contribution in [3.63, 3.8) is 0 Å². The Kier molecular flexibility index (Phi) is 3.49. The maximum absolute atomic E-state index is 11.8. The number of rotatable bonds is 2. The normalized spacial score (nSPS) is 13.7. The van der Waals surface area contributed by atoms with Crippen LogP contribution in [-0.2, 0) is 13.0 Å². The summed E-state index contributed by atoms with van der Waals surface area (Å²) in [6.45, 7) is 5.17. The molecule has 0 aliphatic carbocycles. The largest absolute Gasteiger partial charge is 0.472 e. The Hall–Kier alpha value is -2.82. The third-order valence-electron chi connectivity index (χ3n) is 4.49. The smallest absolute Gasteiger partial charge is 0.336 e. The molecule has 24 heavy (non-hydrogen) atoms. The minimum atomic E-state index is -0.310. The number of anilines is 1. The molecule has 0 fully saturated rings. The molecule has 0 saturated carbocycles. The third-order valence-corrected chi connectivity index (χ3v) is 4.49. The summed E-state index contributed by atoms with van der Waals surface area (Å²) in [5, 5.41) is 0.991. The monoisotopic (exact) mass is 322 g/mol. The van der Waals surface area contributed by atoms with E-state index in [0.717, 1.165) is 46.5 Å². The fourth-order valence-corrected chi connectivity index (χ4v) is 3.28. The average molecular weight is 322 g/mol. The van der Waals surface area contributed by atoms with Crippen molar-refractivity contribution in [1.29, 1.82) is 0 Å². The van der Waals surface area contributed by atoms with Crippen LogP contribution in [0.1, 0.15) is 23.6 Å². The van der Waals surface area contributed by atoms with Gasteiger partial charge in [0.1, 0.15) is 11.3 Å². The number of hydrogen-bond acceptors (Lipinski definition) is 5. The van der Waals surface area contributed by atoms with Crippen LogP contribution < -0.4 is 15.3 Å². The molecule has 3 heterocycles. The Morgan fingerprint density at radius 1 is 1.33 bits per heavy atom. The van der Waals surface area contributed by atoms with Crippen LogP contribution in [0.15, 0.2) is 45.9 Å². The Balaban J connectivity index is 1.85. The molecule has 1 aliphatic rings. The fourth-order valence-electron chi connectivity index (χ4n) is 3.28. The first-order valence-corrected chi connectivity index (χ1v) is 8.04. The van der Waals surface area contributed by atoms with E-state index in [4.69, 9.17) is 9.15 Å². The summed E-state index contributed by atoms with van der Waals surface area (Å²) in [5.41, 5.74) is 4.34. The highest BCUT2D eigenvalue weighted by molar-refractivity contribution is 5.86. The highest BCUT2D eigenvalue weighted by Crippen LogP contribution is 2.36. The summed E-state index contributed by atoms with van der Waals surface area (Å²) in [4.78, 5) is 18.1. The summed E-state index contributed by atoms with van der Waals surface area (Å²) in [6, 6.07) is 7.60. The van der Waals surface area contributed by atoms with Gasteiger partial charge in [-0.2, -0.15) is 0 Å². The summed E-state index contributed by atoms with van der Waals surface area (Å²) >= 11 is 0. The quantitative estimate of drug-likeness (QED) is 0.677. The molecule has 0 saturated heterocycles. The number of ether oxygens (including phenoxy) is 1. The highest BCUT2D eigenvalue weighted by Gasteiger charge is 2.23. The van der Waals surface area contributed by atoms with E-state index in [1.165, 1.54) is 0 Å². The fraction of sp³-hybridized carbons (Fsp3) is 0.263. The molecule has 122 valence electrons. The minimum absolute atomic E-state index is 0.310. The van der Waals surface area contributed by atoms with E-state index in [0.29, 0.717) is 12.3 Å². The zero-order chi connectivity index (χ0) is 16.7. The van der Waals surface area contributed by atoms with Crippen LogP contribution in [0.4, 0.5) is 5.69 Å². The molecule has 5 nitrogen and oxygen atoms in total. The first-order valence-electron chi connectivity index (χ1n) is 8.04. The molecule has 3 aromatic rings.